The molecular weight excluding hydrogens is 244 g/mol. The third-order valence-corrected chi connectivity index (χ3v) is 3.28. The van der Waals surface area contributed by atoms with Gasteiger partial charge < -0.3 is 19.7 Å². The highest BCUT2D eigenvalue weighted by Gasteiger charge is 2.13. The molecule has 5 heteroatoms. The minimum atomic E-state index is -1.03. The van der Waals surface area contributed by atoms with Gasteiger partial charge in [-0.3, -0.25) is 0 Å². The first kappa shape index (κ1) is 15.7. The Morgan fingerprint density at radius 2 is 2.11 bits per heavy atom. The monoisotopic (exact) mass is 268 g/mol. The maximum absolute atomic E-state index is 10.7. The van der Waals surface area contributed by atoms with Crippen LogP contribution in [0.5, 0.6) is 0 Å². The van der Waals surface area contributed by atoms with Crippen LogP contribution in [0.15, 0.2) is 16.5 Å². The van der Waals surface area contributed by atoms with E-state index in [9.17, 15) is 4.79 Å². The number of furan rings is 1. The van der Waals surface area contributed by atoms with E-state index in [4.69, 9.17) is 9.52 Å². The molecule has 2 N–H and O–H groups in total. The molecule has 0 aromatic carbocycles. The van der Waals surface area contributed by atoms with Crippen molar-refractivity contribution in [2.45, 2.75) is 39.3 Å². The Morgan fingerprint density at radius 3 is 2.63 bits per heavy atom. The quantitative estimate of drug-likeness (QED) is 0.709. The number of carbonyl (C=O) groups is 1. The first-order valence-electron chi connectivity index (χ1n) is 6.68. The number of hydrogen-bond acceptors (Lipinski definition) is 4. The number of rotatable bonds is 8. The molecule has 1 unspecified atom stereocenters. The molecule has 0 aliphatic heterocycles. The van der Waals surface area contributed by atoms with Gasteiger partial charge in [0.25, 0.3) is 0 Å². The Bertz CT molecular complexity index is 401. The third-order valence-electron chi connectivity index (χ3n) is 3.28. The number of nitrogens with zero attached hydrogens (tertiary/aromatic N) is 1. The van der Waals surface area contributed by atoms with Gasteiger partial charge in [0, 0.05) is 6.04 Å². The van der Waals surface area contributed by atoms with Crippen LogP contribution in [-0.2, 0) is 0 Å². The van der Waals surface area contributed by atoms with Crippen molar-refractivity contribution >= 4 is 5.97 Å². The summed E-state index contributed by atoms with van der Waals surface area (Å²) in [7, 11) is 2.11. The van der Waals surface area contributed by atoms with Crippen molar-refractivity contribution in [2.75, 3.05) is 20.1 Å². The molecule has 1 heterocycles. The van der Waals surface area contributed by atoms with Crippen LogP contribution in [0.2, 0.25) is 0 Å². The van der Waals surface area contributed by atoms with E-state index in [1.807, 2.05) is 6.92 Å². The molecule has 0 amide bonds. The van der Waals surface area contributed by atoms with Gasteiger partial charge in [-0.15, -0.1) is 0 Å². The molecule has 0 saturated carbocycles. The van der Waals surface area contributed by atoms with Gasteiger partial charge in [-0.2, -0.15) is 0 Å². The average molecular weight is 268 g/mol. The fourth-order valence-electron chi connectivity index (χ4n) is 1.71. The van der Waals surface area contributed by atoms with E-state index in [0.29, 0.717) is 11.8 Å². The third kappa shape index (κ3) is 5.04. The summed E-state index contributed by atoms with van der Waals surface area (Å²) in [6.45, 7) is 8.23. The van der Waals surface area contributed by atoms with E-state index in [1.165, 1.54) is 6.07 Å². The van der Waals surface area contributed by atoms with E-state index in [0.717, 1.165) is 19.5 Å². The van der Waals surface area contributed by atoms with Crippen LogP contribution in [0, 0.1) is 0 Å². The molecule has 0 aliphatic rings. The van der Waals surface area contributed by atoms with Gasteiger partial charge in [0.15, 0.2) is 0 Å². The van der Waals surface area contributed by atoms with Gasteiger partial charge in [0.2, 0.25) is 5.76 Å². The smallest absolute Gasteiger partial charge is 0.371 e. The minimum Gasteiger partial charge on any atom is -0.475 e. The number of carboxylic acids is 1. The summed E-state index contributed by atoms with van der Waals surface area (Å²) in [4.78, 5) is 13.0. The van der Waals surface area contributed by atoms with Gasteiger partial charge >= 0.3 is 5.97 Å². The van der Waals surface area contributed by atoms with Crippen LogP contribution in [0.25, 0.3) is 0 Å². The van der Waals surface area contributed by atoms with E-state index in [1.54, 1.807) is 6.07 Å². The Hall–Kier alpha value is -1.33. The molecule has 108 valence electrons. The summed E-state index contributed by atoms with van der Waals surface area (Å²) in [5, 5.41) is 12.1. The van der Waals surface area contributed by atoms with E-state index in [2.05, 4.69) is 31.1 Å². The lowest BCUT2D eigenvalue weighted by molar-refractivity contribution is 0.0659. The molecule has 1 rings (SSSR count). The summed E-state index contributed by atoms with van der Waals surface area (Å²) < 4.78 is 5.25. The lowest BCUT2D eigenvalue weighted by Gasteiger charge is -2.21. The molecule has 1 atom stereocenters. The predicted molar refractivity (Wildman–Crippen MR) is 74.5 cm³/mol. The fourth-order valence-corrected chi connectivity index (χ4v) is 1.71. The lowest BCUT2D eigenvalue weighted by Crippen LogP contribution is -2.30. The van der Waals surface area contributed by atoms with Gasteiger partial charge in [0.1, 0.15) is 5.76 Å². The number of hydrogen-bond donors (Lipinski definition) is 2. The summed E-state index contributed by atoms with van der Waals surface area (Å²) in [5.74, 6) is -0.380. The zero-order chi connectivity index (χ0) is 14.4. The van der Waals surface area contributed by atoms with Crippen LogP contribution in [0.1, 0.15) is 49.5 Å². The van der Waals surface area contributed by atoms with Gasteiger partial charge in [-0.1, -0.05) is 0 Å². The Morgan fingerprint density at radius 1 is 1.42 bits per heavy atom. The van der Waals surface area contributed by atoms with Gasteiger partial charge in [-0.05, 0) is 59.5 Å². The van der Waals surface area contributed by atoms with Crippen molar-refractivity contribution in [2.24, 2.45) is 0 Å². The molecule has 19 heavy (non-hydrogen) atoms. The summed E-state index contributed by atoms with van der Waals surface area (Å²) >= 11 is 0. The molecule has 0 fully saturated rings. The molecule has 0 spiro atoms. The number of nitrogens with one attached hydrogen (secondary N) is 1. The second-order valence-corrected chi connectivity index (χ2v) is 5.11. The lowest BCUT2D eigenvalue weighted by atomic mass is 10.2. The van der Waals surface area contributed by atoms with Crippen LogP contribution >= 0.6 is 0 Å². The van der Waals surface area contributed by atoms with Crippen molar-refractivity contribution in [3.05, 3.63) is 23.7 Å². The van der Waals surface area contributed by atoms with Gasteiger partial charge in [-0.25, -0.2) is 4.79 Å². The van der Waals surface area contributed by atoms with E-state index in [-0.39, 0.29) is 11.8 Å². The molecular formula is C14H24N2O3. The highest BCUT2D eigenvalue weighted by molar-refractivity contribution is 5.84. The van der Waals surface area contributed by atoms with Crippen LogP contribution in [-0.4, -0.2) is 42.2 Å². The molecule has 1 aromatic heterocycles. The van der Waals surface area contributed by atoms with Crippen molar-refractivity contribution in [1.82, 2.24) is 10.2 Å². The number of aromatic carboxylic acids is 1. The highest BCUT2D eigenvalue weighted by Crippen LogP contribution is 2.16. The minimum absolute atomic E-state index is 0.0109. The molecule has 0 saturated heterocycles. The summed E-state index contributed by atoms with van der Waals surface area (Å²) in [5.41, 5.74) is 0. The Labute approximate surface area is 114 Å². The topological polar surface area (TPSA) is 65.7 Å². The van der Waals surface area contributed by atoms with Crippen LogP contribution in [0.3, 0.4) is 0 Å². The zero-order valence-electron chi connectivity index (χ0n) is 12.1. The van der Waals surface area contributed by atoms with E-state index < -0.39 is 5.97 Å². The van der Waals surface area contributed by atoms with E-state index >= 15 is 0 Å². The van der Waals surface area contributed by atoms with Crippen LogP contribution in [0.4, 0.5) is 0 Å². The highest BCUT2D eigenvalue weighted by atomic mass is 16.4. The molecule has 1 aromatic rings. The second kappa shape index (κ2) is 7.31. The first-order valence-corrected chi connectivity index (χ1v) is 6.68. The maximum Gasteiger partial charge on any atom is 0.371 e. The Kier molecular flexibility index (Phi) is 6.05. The summed E-state index contributed by atoms with van der Waals surface area (Å²) in [6.07, 6.45) is 1.05. The van der Waals surface area contributed by atoms with Crippen molar-refractivity contribution < 1.29 is 14.3 Å². The normalized spacial score (nSPS) is 13.2. The van der Waals surface area contributed by atoms with Gasteiger partial charge in [0.05, 0.1) is 6.04 Å². The second-order valence-electron chi connectivity index (χ2n) is 5.11. The standard InChI is InChI=1S/C14H24N2O3/c1-10(2)16(4)9-5-8-15-11(3)12-6-7-13(19-12)14(17)18/h6-7,10-11,15H,5,8-9H2,1-4H3,(H,17,18). The summed E-state index contributed by atoms with van der Waals surface area (Å²) in [6, 6.07) is 3.78. The van der Waals surface area contributed by atoms with Crippen molar-refractivity contribution in [3.63, 3.8) is 0 Å². The molecule has 0 bridgehead atoms. The molecule has 0 aliphatic carbocycles. The zero-order valence-corrected chi connectivity index (χ0v) is 12.1. The van der Waals surface area contributed by atoms with Crippen LogP contribution < -0.4 is 5.32 Å². The fraction of sp³-hybridized carbons (Fsp3) is 0.643. The average Bonchev–Trinajstić information content (AvgIpc) is 2.83. The maximum atomic E-state index is 10.7. The van der Waals surface area contributed by atoms with Crippen molar-refractivity contribution in [1.29, 1.82) is 0 Å². The predicted octanol–water partition coefficient (Wildman–Crippen LogP) is 2.36. The van der Waals surface area contributed by atoms with Crippen molar-refractivity contribution in [3.8, 4) is 0 Å². The SMILES string of the molecule is CC(NCCCN(C)C(C)C)c1ccc(C(=O)O)o1. The first-order chi connectivity index (χ1) is 8.91. The molecule has 5 nitrogen and oxygen atoms in total. The Balaban J connectivity index is 2.31. The number of carboxylic acid groups (broad SMARTS) is 1. The molecule has 0 radical (unpaired) electrons. The largest absolute Gasteiger partial charge is 0.475 e.